The standard InChI is InChI=1S/C27H20S/c1-2-8-18-16(7-1)15-17-13-14-21-19-9-3-4-10-20(19)25-22-11-5-6-12-23(22)28-27(25)26(21)24(17)18/h2-3,5-6,8-9,11-14H,1,4,7,10,15H2. The van der Waals surface area contributed by atoms with Crippen LogP contribution in [0.1, 0.15) is 41.5 Å². The monoisotopic (exact) mass is 376 g/mol. The molecule has 3 aromatic carbocycles. The Bertz CT molecular complexity index is 1420. The van der Waals surface area contributed by atoms with E-state index in [1.165, 1.54) is 66.0 Å². The van der Waals surface area contributed by atoms with E-state index in [0.717, 1.165) is 19.3 Å². The van der Waals surface area contributed by atoms with Crippen LogP contribution in [-0.4, -0.2) is 0 Å². The average molecular weight is 377 g/mol. The zero-order valence-electron chi connectivity index (χ0n) is 15.7. The predicted octanol–water partition coefficient (Wildman–Crippen LogP) is 7.83. The summed E-state index contributed by atoms with van der Waals surface area (Å²) in [7, 11) is 0. The Hall–Kier alpha value is -2.64. The average Bonchev–Trinajstić information content (AvgIpc) is 3.32. The lowest BCUT2D eigenvalue weighted by atomic mass is 9.85. The van der Waals surface area contributed by atoms with Gasteiger partial charge in [0, 0.05) is 25.6 Å². The first kappa shape index (κ1) is 15.3. The molecule has 0 bridgehead atoms. The molecule has 0 atom stereocenters. The topological polar surface area (TPSA) is 0 Å². The summed E-state index contributed by atoms with van der Waals surface area (Å²) < 4.78 is 2.93. The Morgan fingerprint density at radius 3 is 2.68 bits per heavy atom. The maximum atomic E-state index is 2.41. The van der Waals surface area contributed by atoms with Crippen LogP contribution in [0.3, 0.4) is 0 Å². The third kappa shape index (κ3) is 1.85. The summed E-state index contributed by atoms with van der Waals surface area (Å²) in [6, 6.07) is 13.8. The largest absolute Gasteiger partial charge is 0.134 e. The minimum absolute atomic E-state index is 1.14. The Morgan fingerprint density at radius 1 is 0.786 bits per heavy atom. The van der Waals surface area contributed by atoms with E-state index in [1.807, 2.05) is 11.3 Å². The second kappa shape index (κ2) is 5.46. The zero-order chi connectivity index (χ0) is 18.2. The summed E-state index contributed by atoms with van der Waals surface area (Å²) in [5, 5.41) is 5.93. The van der Waals surface area contributed by atoms with Crippen molar-refractivity contribution >= 4 is 53.9 Å². The maximum Gasteiger partial charge on any atom is 0.0443 e. The lowest BCUT2D eigenvalue weighted by Gasteiger charge is -2.19. The first-order valence-corrected chi connectivity index (χ1v) is 11.2. The highest BCUT2D eigenvalue weighted by atomic mass is 32.1. The van der Waals surface area contributed by atoms with Gasteiger partial charge in [0.1, 0.15) is 0 Å². The van der Waals surface area contributed by atoms with Gasteiger partial charge in [-0.05, 0) is 71.4 Å². The molecule has 0 radical (unpaired) electrons. The highest BCUT2D eigenvalue weighted by Gasteiger charge is 2.27. The molecule has 0 spiro atoms. The lowest BCUT2D eigenvalue weighted by Crippen LogP contribution is -1.98. The minimum Gasteiger partial charge on any atom is -0.134 e. The molecule has 1 aromatic heterocycles. The van der Waals surface area contributed by atoms with Crippen LogP contribution in [0, 0.1) is 0 Å². The van der Waals surface area contributed by atoms with Gasteiger partial charge < -0.3 is 0 Å². The molecule has 28 heavy (non-hydrogen) atoms. The van der Waals surface area contributed by atoms with E-state index in [2.05, 4.69) is 60.7 Å². The number of hydrogen-bond donors (Lipinski definition) is 0. The van der Waals surface area contributed by atoms with Gasteiger partial charge in [0.15, 0.2) is 0 Å². The molecule has 1 heteroatoms. The Kier molecular flexibility index (Phi) is 2.98. The molecule has 7 rings (SSSR count). The van der Waals surface area contributed by atoms with Gasteiger partial charge in [0.05, 0.1) is 0 Å². The molecular weight excluding hydrogens is 356 g/mol. The van der Waals surface area contributed by atoms with E-state index in [-0.39, 0.29) is 0 Å². The van der Waals surface area contributed by atoms with Crippen molar-refractivity contribution in [3.05, 3.63) is 82.5 Å². The van der Waals surface area contributed by atoms with Crippen molar-refractivity contribution in [1.29, 1.82) is 0 Å². The molecule has 0 unspecified atom stereocenters. The highest BCUT2D eigenvalue weighted by Crippen LogP contribution is 2.50. The van der Waals surface area contributed by atoms with E-state index in [1.54, 1.807) is 11.1 Å². The summed E-state index contributed by atoms with van der Waals surface area (Å²) >= 11 is 2.00. The Labute approximate surface area is 168 Å². The van der Waals surface area contributed by atoms with Crippen LogP contribution in [-0.2, 0) is 12.8 Å². The summed E-state index contributed by atoms with van der Waals surface area (Å²) in [5.41, 5.74) is 9.25. The fourth-order valence-electron chi connectivity index (χ4n) is 5.64. The second-order valence-electron chi connectivity index (χ2n) is 8.29. The van der Waals surface area contributed by atoms with Crippen LogP contribution in [0.2, 0.25) is 0 Å². The number of hydrogen-bond acceptors (Lipinski definition) is 1. The van der Waals surface area contributed by atoms with Crippen LogP contribution in [0.15, 0.2) is 60.2 Å². The van der Waals surface area contributed by atoms with Crippen molar-refractivity contribution in [2.45, 2.75) is 32.1 Å². The third-order valence-electron chi connectivity index (χ3n) is 6.83. The molecule has 0 fully saturated rings. The van der Waals surface area contributed by atoms with Gasteiger partial charge in [-0.2, -0.15) is 0 Å². The molecule has 4 aromatic rings. The van der Waals surface area contributed by atoms with Crippen molar-refractivity contribution in [3.63, 3.8) is 0 Å². The first-order valence-electron chi connectivity index (χ1n) is 10.4. The SMILES string of the molecule is C1=CC2=C(CC1)Cc1ccc3c4c(c5c6ccccc6sc5c3c12)CCC=C4. The third-order valence-corrected chi connectivity index (χ3v) is 8.02. The van der Waals surface area contributed by atoms with Crippen molar-refractivity contribution in [2.24, 2.45) is 0 Å². The Morgan fingerprint density at radius 2 is 1.68 bits per heavy atom. The van der Waals surface area contributed by atoms with E-state index in [9.17, 15) is 0 Å². The molecule has 1 heterocycles. The highest BCUT2D eigenvalue weighted by molar-refractivity contribution is 7.26. The van der Waals surface area contributed by atoms with E-state index < -0.39 is 0 Å². The second-order valence-corrected chi connectivity index (χ2v) is 9.35. The zero-order valence-corrected chi connectivity index (χ0v) is 16.5. The molecular formula is C27H20S. The van der Waals surface area contributed by atoms with Crippen LogP contribution >= 0.6 is 11.3 Å². The number of rotatable bonds is 0. The number of aryl methyl sites for hydroxylation is 1. The maximum absolute atomic E-state index is 2.41. The van der Waals surface area contributed by atoms with Gasteiger partial charge in [0.2, 0.25) is 0 Å². The van der Waals surface area contributed by atoms with Crippen LogP contribution < -0.4 is 0 Å². The molecule has 0 N–H and O–H groups in total. The fraction of sp³-hybridized carbons (Fsp3) is 0.185. The first-order chi connectivity index (χ1) is 13.9. The van der Waals surface area contributed by atoms with Gasteiger partial charge in [-0.25, -0.2) is 0 Å². The van der Waals surface area contributed by atoms with E-state index in [4.69, 9.17) is 0 Å². The van der Waals surface area contributed by atoms with Crippen LogP contribution in [0.4, 0.5) is 0 Å². The summed E-state index contributed by atoms with van der Waals surface area (Å²) in [5.74, 6) is 0. The summed E-state index contributed by atoms with van der Waals surface area (Å²) in [4.78, 5) is 0. The van der Waals surface area contributed by atoms with Gasteiger partial charge in [0.25, 0.3) is 0 Å². The molecule has 0 aliphatic heterocycles. The number of benzene rings is 3. The van der Waals surface area contributed by atoms with E-state index in [0.29, 0.717) is 0 Å². The van der Waals surface area contributed by atoms with Gasteiger partial charge in [-0.15, -0.1) is 11.3 Å². The van der Waals surface area contributed by atoms with Gasteiger partial charge in [-0.3, -0.25) is 0 Å². The number of fused-ring (bicyclic) bond motifs is 11. The summed E-state index contributed by atoms with van der Waals surface area (Å²) in [6.07, 6.45) is 15.4. The molecule has 134 valence electrons. The molecule has 0 saturated carbocycles. The normalized spacial score (nSPS) is 17.6. The number of thiophene rings is 1. The van der Waals surface area contributed by atoms with Crippen LogP contribution in [0.25, 0.3) is 42.6 Å². The molecule has 3 aliphatic rings. The molecule has 3 aliphatic carbocycles. The number of allylic oxidation sites excluding steroid dienone is 5. The molecule has 0 nitrogen and oxygen atoms in total. The van der Waals surface area contributed by atoms with Crippen molar-refractivity contribution in [3.8, 4) is 0 Å². The van der Waals surface area contributed by atoms with Crippen molar-refractivity contribution < 1.29 is 0 Å². The van der Waals surface area contributed by atoms with Crippen LogP contribution in [0.5, 0.6) is 0 Å². The Balaban J connectivity index is 1.76. The minimum atomic E-state index is 1.14. The molecule has 0 amide bonds. The van der Waals surface area contributed by atoms with Crippen molar-refractivity contribution in [1.82, 2.24) is 0 Å². The molecule has 0 saturated heterocycles. The van der Waals surface area contributed by atoms with Crippen molar-refractivity contribution in [2.75, 3.05) is 0 Å². The van der Waals surface area contributed by atoms with Gasteiger partial charge >= 0.3 is 0 Å². The quantitative estimate of drug-likeness (QED) is 0.293. The van der Waals surface area contributed by atoms with Gasteiger partial charge in [-0.1, -0.05) is 60.2 Å². The lowest BCUT2D eigenvalue weighted by molar-refractivity contribution is 0.935. The van der Waals surface area contributed by atoms with E-state index >= 15 is 0 Å². The fourth-order valence-corrected chi connectivity index (χ4v) is 6.94. The predicted molar refractivity (Wildman–Crippen MR) is 123 cm³/mol. The summed E-state index contributed by atoms with van der Waals surface area (Å²) in [6.45, 7) is 0. The smallest absolute Gasteiger partial charge is 0.0443 e.